The summed E-state index contributed by atoms with van der Waals surface area (Å²) in [5.74, 6) is -0.271. The van der Waals surface area contributed by atoms with Gasteiger partial charge in [-0.3, -0.25) is 9.10 Å². The predicted molar refractivity (Wildman–Crippen MR) is 101 cm³/mol. The van der Waals surface area contributed by atoms with Crippen molar-refractivity contribution in [3.8, 4) is 0 Å². The molecule has 1 aromatic carbocycles. The van der Waals surface area contributed by atoms with Crippen LogP contribution in [0.15, 0.2) is 24.3 Å². The number of sulfonamides is 1. The molecule has 1 aromatic rings. The van der Waals surface area contributed by atoms with Crippen LogP contribution in [0.5, 0.6) is 0 Å². The Morgan fingerprint density at radius 3 is 2.40 bits per heavy atom. The molecule has 25 heavy (non-hydrogen) atoms. The van der Waals surface area contributed by atoms with Gasteiger partial charge in [0, 0.05) is 6.54 Å². The van der Waals surface area contributed by atoms with E-state index >= 15 is 0 Å². The van der Waals surface area contributed by atoms with Crippen LogP contribution in [-0.2, 0) is 14.8 Å². The van der Waals surface area contributed by atoms with Gasteiger partial charge in [0.15, 0.2) is 0 Å². The molecule has 0 aliphatic carbocycles. The Balaban J connectivity index is 1.94. The second-order valence-electron chi connectivity index (χ2n) is 6.76. The van der Waals surface area contributed by atoms with E-state index in [2.05, 4.69) is 10.2 Å². The van der Waals surface area contributed by atoms with Crippen molar-refractivity contribution in [2.24, 2.45) is 0 Å². The smallest absolute Gasteiger partial charge is 0.243 e. The summed E-state index contributed by atoms with van der Waals surface area (Å²) in [7, 11) is -3.55. The Morgan fingerprint density at radius 2 is 1.84 bits per heavy atom. The quantitative estimate of drug-likeness (QED) is 0.711. The van der Waals surface area contributed by atoms with Gasteiger partial charge in [-0.15, -0.1) is 0 Å². The van der Waals surface area contributed by atoms with Gasteiger partial charge in [0.25, 0.3) is 0 Å². The van der Waals surface area contributed by atoms with E-state index < -0.39 is 16.1 Å². The molecule has 1 N–H and O–H groups in total. The van der Waals surface area contributed by atoms with Crippen LogP contribution in [-0.4, -0.2) is 57.7 Å². The van der Waals surface area contributed by atoms with Crippen LogP contribution in [0.25, 0.3) is 0 Å². The highest BCUT2D eigenvalue weighted by molar-refractivity contribution is 7.92. The van der Waals surface area contributed by atoms with Gasteiger partial charge in [-0.2, -0.15) is 0 Å². The molecule has 1 amide bonds. The highest BCUT2D eigenvalue weighted by Crippen LogP contribution is 2.21. The Kier molecular flexibility index (Phi) is 6.84. The van der Waals surface area contributed by atoms with Crippen molar-refractivity contribution in [1.29, 1.82) is 0 Å². The fourth-order valence-electron chi connectivity index (χ4n) is 3.17. The minimum atomic E-state index is -3.55. The lowest BCUT2D eigenvalue weighted by Crippen LogP contribution is -2.48. The molecule has 0 aromatic heterocycles. The molecule has 0 spiro atoms. The summed E-state index contributed by atoms with van der Waals surface area (Å²) in [5.41, 5.74) is 1.55. The fourth-order valence-corrected chi connectivity index (χ4v) is 4.34. The maximum Gasteiger partial charge on any atom is 0.243 e. The van der Waals surface area contributed by atoms with E-state index in [1.54, 1.807) is 19.1 Å². The molecule has 1 atom stereocenters. The monoisotopic (exact) mass is 367 g/mol. The first-order valence-corrected chi connectivity index (χ1v) is 10.7. The molecule has 1 heterocycles. The summed E-state index contributed by atoms with van der Waals surface area (Å²) in [6.07, 6.45) is 4.51. The first-order valence-electron chi connectivity index (χ1n) is 8.85. The lowest BCUT2D eigenvalue weighted by molar-refractivity contribution is -0.121. The largest absolute Gasteiger partial charge is 0.354 e. The number of anilines is 1. The van der Waals surface area contributed by atoms with Crippen molar-refractivity contribution in [1.82, 2.24) is 10.2 Å². The van der Waals surface area contributed by atoms with Crippen LogP contribution in [0.4, 0.5) is 5.69 Å². The van der Waals surface area contributed by atoms with Gasteiger partial charge < -0.3 is 10.2 Å². The van der Waals surface area contributed by atoms with E-state index in [-0.39, 0.29) is 5.91 Å². The standard InChI is InChI=1S/C18H29N3O3S/c1-15-7-9-17(10-8-15)21(25(3,23)24)16(2)18(22)19-11-6-14-20-12-4-5-13-20/h7-10,16H,4-6,11-14H2,1-3H3,(H,19,22)/t16-/m0/s1. The lowest BCUT2D eigenvalue weighted by atomic mass is 10.2. The minimum absolute atomic E-state index is 0.271. The molecular formula is C18H29N3O3S. The first kappa shape index (κ1) is 19.7. The van der Waals surface area contributed by atoms with Crippen molar-refractivity contribution in [3.05, 3.63) is 29.8 Å². The van der Waals surface area contributed by atoms with Crippen LogP contribution < -0.4 is 9.62 Å². The molecule has 6 nitrogen and oxygen atoms in total. The fraction of sp³-hybridized carbons (Fsp3) is 0.611. The lowest BCUT2D eigenvalue weighted by Gasteiger charge is -2.28. The Labute approximate surface area is 151 Å². The number of hydrogen-bond acceptors (Lipinski definition) is 4. The summed E-state index contributed by atoms with van der Waals surface area (Å²) in [4.78, 5) is 14.8. The van der Waals surface area contributed by atoms with E-state index in [4.69, 9.17) is 0 Å². The molecule has 0 radical (unpaired) electrons. The summed E-state index contributed by atoms with van der Waals surface area (Å²) in [6, 6.07) is 6.35. The molecule has 1 fully saturated rings. The zero-order valence-electron chi connectivity index (χ0n) is 15.4. The Bertz CT molecular complexity index is 667. The van der Waals surface area contributed by atoms with Crippen molar-refractivity contribution >= 4 is 21.6 Å². The number of carbonyl (C=O) groups excluding carboxylic acids is 1. The molecule has 1 aliphatic rings. The molecule has 0 unspecified atom stereocenters. The molecule has 2 rings (SSSR count). The zero-order valence-corrected chi connectivity index (χ0v) is 16.2. The van der Waals surface area contributed by atoms with Crippen LogP contribution in [0.3, 0.4) is 0 Å². The van der Waals surface area contributed by atoms with Crippen LogP contribution in [0, 0.1) is 6.92 Å². The highest BCUT2D eigenvalue weighted by Gasteiger charge is 2.28. The third kappa shape index (κ3) is 5.71. The molecular weight excluding hydrogens is 338 g/mol. The number of nitrogens with one attached hydrogen (secondary N) is 1. The average molecular weight is 368 g/mol. The van der Waals surface area contributed by atoms with Crippen molar-refractivity contribution < 1.29 is 13.2 Å². The van der Waals surface area contributed by atoms with Gasteiger partial charge in [-0.25, -0.2) is 8.42 Å². The summed E-state index contributed by atoms with van der Waals surface area (Å²) in [5, 5.41) is 2.87. The maximum atomic E-state index is 12.4. The van der Waals surface area contributed by atoms with Gasteiger partial charge in [0.05, 0.1) is 11.9 Å². The van der Waals surface area contributed by atoms with Gasteiger partial charge >= 0.3 is 0 Å². The maximum absolute atomic E-state index is 12.4. The van der Waals surface area contributed by atoms with Crippen LogP contribution in [0.1, 0.15) is 31.7 Å². The van der Waals surface area contributed by atoms with Crippen molar-refractivity contribution in [2.75, 3.05) is 36.7 Å². The molecule has 7 heteroatoms. The van der Waals surface area contributed by atoms with E-state index in [9.17, 15) is 13.2 Å². The van der Waals surface area contributed by atoms with E-state index in [0.29, 0.717) is 12.2 Å². The highest BCUT2D eigenvalue weighted by atomic mass is 32.2. The SMILES string of the molecule is Cc1ccc(N([C@@H](C)C(=O)NCCCN2CCCC2)S(C)(=O)=O)cc1. The van der Waals surface area contributed by atoms with Gasteiger partial charge in [-0.1, -0.05) is 17.7 Å². The first-order chi connectivity index (χ1) is 11.8. The zero-order chi connectivity index (χ0) is 18.4. The number of carbonyl (C=O) groups is 1. The number of nitrogens with zero attached hydrogens (tertiary/aromatic N) is 2. The molecule has 1 aliphatic heterocycles. The number of rotatable bonds is 8. The molecule has 0 saturated carbocycles. The van der Waals surface area contributed by atoms with Crippen molar-refractivity contribution in [2.45, 2.75) is 39.2 Å². The number of hydrogen-bond donors (Lipinski definition) is 1. The average Bonchev–Trinajstić information content (AvgIpc) is 3.05. The Hall–Kier alpha value is -1.60. The van der Waals surface area contributed by atoms with Gasteiger partial charge in [0.2, 0.25) is 15.9 Å². The van der Waals surface area contributed by atoms with E-state index in [0.717, 1.165) is 37.9 Å². The third-order valence-electron chi connectivity index (χ3n) is 4.53. The van der Waals surface area contributed by atoms with E-state index in [1.807, 2.05) is 19.1 Å². The normalized spacial score (nSPS) is 16.6. The summed E-state index contributed by atoms with van der Waals surface area (Å²) < 4.78 is 25.6. The Morgan fingerprint density at radius 1 is 1.24 bits per heavy atom. The number of aryl methyl sites for hydroxylation is 1. The van der Waals surface area contributed by atoms with Gasteiger partial charge in [0.1, 0.15) is 6.04 Å². The van der Waals surface area contributed by atoms with Crippen LogP contribution >= 0.6 is 0 Å². The second kappa shape index (κ2) is 8.67. The van der Waals surface area contributed by atoms with Crippen LogP contribution in [0.2, 0.25) is 0 Å². The second-order valence-corrected chi connectivity index (χ2v) is 8.62. The van der Waals surface area contributed by atoms with E-state index in [1.165, 1.54) is 17.1 Å². The number of amides is 1. The molecule has 0 bridgehead atoms. The van der Waals surface area contributed by atoms with Gasteiger partial charge in [-0.05, 0) is 64.9 Å². The summed E-state index contributed by atoms with van der Waals surface area (Å²) in [6.45, 7) is 7.37. The van der Waals surface area contributed by atoms with Crippen molar-refractivity contribution in [3.63, 3.8) is 0 Å². The number of likely N-dealkylation sites (tertiary alicyclic amines) is 1. The number of benzene rings is 1. The predicted octanol–water partition coefficient (Wildman–Crippen LogP) is 1.75. The summed E-state index contributed by atoms with van der Waals surface area (Å²) >= 11 is 0. The molecule has 140 valence electrons. The minimum Gasteiger partial charge on any atom is -0.354 e. The molecule has 1 saturated heterocycles. The third-order valence-corrected chi connectivity index (χ3v) is 5.77. The topological polar surface area (TPSA) is 69.7 Å².